The van der Waals surface area contributed by atoms with E-state index in [0.717, 1.165) is 6.26 Å². The Hall–Kier alpha value is -0.580. The Bertz CT molecular complexity index is 207. The summed E-state index contributed by atoms with van der Waals surface area (Å²) >= 11 is 0. The molecule has 5 heteroatoms. The Balaban J connectivity index is 3.82. The van der Waals surface area contributed by atoms with Gasteiger partial charge in [0.25, 0.3) is 0 Å². The second kappa shape index (κ2) is 3.55. The predicted molar refractivity (Wildman–Crippen MR) is 37.6 cm³/mol. The Morgan fingerprint density at radius 3 is 2.40 bits per heavy atom. The average Bonchev–Trinajstić information content (AvgIpc) is 1.59. The van der Waals surface area contributed by atoms with Crippen molar-refractivity contribution in [3.8, 4) is 0 Å². The number of amides is 1. The third-order valence-electron chi connectivity index (χ3n) is 0.703. The molecule has 0 unspecified atom stereocenters. The van der Waals surface area contributed by atoms with Crippen molar-refractivity contribution in [2.45, 2.75) is 12.8 Å². The molecule has 0 rings (SSSR count). The van der Waals surface area contributed by atoms with Gasteiger partial charge in [0.1, 0.15) is 0 Å². The van der Waals surface area contributed by atoms with Gasteiger partial charge in [0, 0.05) is 6.42 Å². The van der Waals surface area contributed by atoms with Crippen molar-refractivity contribution < 1.29 is 13.2 Å². The molecule has 0 aliphatic heterocycles. The zero-order valence-electron chi connectivity index (χ0n) is 5.75. The highest BCUT2D eigenvalue weighted by Gasteiger charge is 2.05. The van der Waals surface area contributed by atoms with Crippen molar-refractivity contribution >= 4 is 15.9 Å². The first-order valence-corrected chi connectivity index (χ1v) is 4.64. The van der Waals surface area contributed by atoms with Crippen molar-refractivity contribution in [2.24, 2.45) is 0 Å². The van der Waals surface area contributed by atoms with Crippen LogP contribution in [0.3, 0.4) is 0 Å². The Labute approximate surface area is 60.7 Å². The molecule has 4 nitrogen and oxygen atoms in total. The van der Waals surface area contributed by atoms with Crippen LogP contribution in [0.2, 0.25) is 0 Å². The van der Waals surface area contributed by atoms with Gasteiger partial charge in [-0.3, -0.25) is 9.52 Å². The average molecular weight is 164 g/mol. The van der Waals surface area contributed by atoms with Gasteiger partial charge in [-0.15, -0.1) is 0 Å². The predicted octanol–water partition coefficient (Wildman–Crippen LogP) is -0.324. The van der Waals surface area contributed by atoms with E-state index < -0.39 is 15.9 Å². The molecule has 0 aromatic heterocycles. The molecule has 59 valence electrons. The summed E-state index contributed by atoms with van der Waals surface area (Å²) in [5.41, 5.74) is 0. The molecule has 0 saturated heterocycles. The third-order valence-corrected chi connectivity index (χ3v) is 1.30. The molecule has 0 aromatic rings. The molecule has 10 heavy (non-hydrogen) atoms. The highest BCUT2D eigenvalue weighted by Crippen LogP contribution is 1.86. The number of hydrogen-bond acceptors (Lipinski definition) is 3. The molecule has 1 radical (unpaired) electrons. The molecule has 1 N–H and O–H groups in total. The fraction of sp³-hybridized carbons (Fsp3) is 0.600. The van der Waals surface area contributed by atoms with Gasteiger partial charge >= 0.3 is 0 Å². The van der Waals surface area contributed by atoms with Gasteiger partial charge in [-0.05, 0) is 6.42 Å². The lowest BCUT2D eigenvalue weighted by Crippen LogP contribution is -2.28. The molecule has 0 aliphatic carbocycles. The van der Waals surface area contributed by atoms with Crippen molar-refractivity contribution in [3.05, 3.63) is 6.92 Å². The summed E-state index contributed by atoms with van der Waals surface area (Å²) in [6.07, 6.45) is 1.49. The molecule has 0 bridgehead atoms. The second-order valence-corrected chi connectivity index (χ2v) is 3.65. The standard InChI is InChI=1S/C5H10NO3S/c1-3-4-5(7)6-10(2,8)9/h1,3-4H2,2H3,(H,6,7). The van der Waals surface area contributed by atoms with Crippen molar-refractivity contribution in [1.82, 2.24) is 4.72 Å². The largest absolute Gasteiger partial charge is 0.274 e. The summed E-state index contributed by atoms with van der Waals surface area (Å²) in [6.45, 7) is 3.40. The van der Waals surface area contributed by atoms with Gasteiger partial charge in [0.15, 0.2) is 0 Å². The molecule has 0 aliphatic rings. The van der Waals surface area contributed by atoms with Gasteiger partial charge in [0.05, 0.1) is 6.26 Å². The summed E-state index contributed by atoms with van der Waals surface area (Å²) in [4.78, 5) is 10.5. The van der Waals surface area contributed by atoms with Crippen LogP contribution in [0.4, 0.5) is 0 Å². The van der Waals surface area contributed by atoms with E-state index in [-0.39, 0.29) is 6.42 Å². The molecule has 0 atom stereocenters. The van der Waals surface area contributed by atoms with E-state index in [1.54, 1.807) is 0 Å². The second-order valence-electron chi connectivity index (χ2n) is 1.90. The summed E-state index contributed by atoms with van der Waals surface area (Å²) < 4.78 is 22.5. The van der Waals surface area contributed by atoms with E-state index in [1.165, 1.54) is 0 Å². The molecular formula is C5H10NO3S. The van der Waals surface area contributed by atoms with E-state index in [1.807, 2.05) is 4.72 Å². The summed E-state index contributed by atoms with van der Waals surface area (Å²) in [5, 5.41) is 0. The normalized spacial score (nSPS) is 11.0. The first kappa shape index (κ1) is 9.42. The smallest absolute Gasteiger partial charge is 0.233 e. The molecule has 0 heterocycles. The number of carbonyl (C=O) groups excluding carboxylic acids is 1. The summed E-state index contributed by atoms with van der Waals surface area (Å²) in [5.74, 6) is -0.502. The van der Waals surface area contributed by atoms with Gasteiger partial charge < -0.3 is 0 Å². The number of nitrogens with one attached hydrogen (secondary N) is 1. The molecule has 0 saturated carbocycles. The number of carbonyl (C=O) groups is 1. The lowest BCUT2D eigenvalue weighted by molar-refractivity contribution is -0.119. The van der Waals surface area contributed by atoms with Crippen LogP contribution in [0.5, 0.6) is 0 Å². The van der Waals surface area contributed by atoms with Crippen LogP contribution in [0.15, 0.2) is 0 Å². The van der Waals surface area contributed by atoms with Crippen molar-refractivity contribution in [3.63, 3.8) is 0 Å². The molecule has 0 spiro atoms. The highest BCUT2D eigenvalue weighted by molar-refractivity contribution is 7.89. The maximum Gasteiger partial charge on any atom is 0.233 e. The topological polar surface area (TPSA) is 63.2 Å². The Morgan fingerprint density at radius 1 is 1.60 bits per heavy atom. The van der Waals surface area contributed by atoms with E-state index in [9.17, 15) is 13.2 Å². The lowest BCUT2D eigenvalue weighted by atomic mass is 10.3. The minimum Gasteiger partial charge on any atom is -0.274 e. The van der Waals surface area contributed by atoms with Crippen LogP contribution in [0.25, 0.3) is 0 Å². The summed E-state index contributed by atoms with van der Waals surface area (Å²) in [7, 11) is -3.37. The molecule has 1 amide bonds. The highest BCUT2D eigenvalue weighted by atomic mass is 32.2. The lowest BCUT2D eigenvalue weighted by Gasteiger charge is -1.98. The Kier molecular flexibility index (Phi) is 3.35. The zero-order valence-corrected chi connectivity index (χ0v) is 6.57. The van der Waals surface area contributed by atoms with E-state index in [4.69, 9.17) is 0 Å². The van der Waals surface area contributed by atoms with Gasteiger partial charge in [-0.25, -0.2) is 8.42 Å². The van der Waals surface area contributed by atoms with Crippen LogP contribution in [0, 0.1) is 6.92 Å². The van der Waals surface area contributed by atoms with Crippen LogP contribution >= 0.6 is 0 Å². The van der Waals surface area contributed by atoms with E-state index in [2.05, 4.69) is 6.92 Å². The third kappa shape index (κ3) is 5.55. The van der Waals surface area contributed by atoms with Crippen molar-refractivity contribution in [2.75, 3.05) is 6.26 Å². The van der Waals surface area contributed by atoms with E-state index >= 15 is 0 Å². The fourth-order valence-electron chi connectivity index (χ4n) is 0.418. The van der Waals surface area contributed by atoms with Crippen LogP contribution in [-0.2, 0) is 14.8 Å². The molecule has 0 fully saturated rings. The van der Waals surface area contributed by atoms with Crippen LogP contribution < -0.4 is 4.72 Å². The maximum absolute atomic E-state index is 10.5. The molecular weight excluding hydrogens is 154 g/mol. The Morgan fingerprint density at radius 2 is 2.10 bits per heavy atom. The minimum atomic E-state index is -3.37. The van der Waals surface area contributed by atoms with Gasteiger partial charge in [0.2, 0.25) is 15.9 Å². The number of rotatable bonds is 3. The SMILES string of the molecule is [CH2]CCC(=O)NS(C)(=O)=O. The van der Waals surface area contributed by atoms with Gasteiger partial charge in [-0.2, -0.15) is 0 Å². The minimum absolute atomic E-state index is 0.146. The quantitative estimate of drug-likeness (QED) is 0.621. The van der Waals surface area contributed by atoms with Crippen LogP contribution in [0.1, 0.15) is 12.8 Å². The summed E-state index contributed by atoms with van der Waals surface area (Å²) in [6, 6.07) is 0. The monoisotopic (exact) mass is 164 g/mol. The fourth-order valence-corrected chi connectivity index (χ4v) is 0.934. The first-order chi connectivity index (χ1) is 4.45. The van der Waals surface area contributed by atoms with E-state index in [0.29, 0.717) is 6.42 Å². The number of hydrogen-bond donors (Lipinski definition) is 1. The first-order valence-electron chi connectivity index (χ1n) is 2.75. The van der Waals surface area contributed by atoms with Gasteiger partial charge in [-0.1, -0.05) is 6.92 Å². The molecule has 0 aromatic carbocycles. The number of sulfonamides is 1. The van der Waals surface area contributed by atoms with Crippen molar-refractivity contribution in [1.29, 1.82) is 0 Å². The maximum atomic E-state index is 10.5. The zero-order chi connectivity index (χ0) is 8.20. The van der Waals surface area contributed by atoms with Crippen LogP contribution in [-0.4, -0.2) is 20.6 Å².